The van der Waals surface area contributed by atoms with Crippen molar-refractivity contribution >= 4 is 44.2 Å². The number of hydrogen-bond acceptors (Lipinski definition) is 5. The molecule has 0 spiro atoms. The summed E-state index contributed by atoms with van der Waals surface area (Å²) in [4.78, 5) is 26.5. The maximum atomic E-state index is 11.3. The minimum atomic E-state index is -0.353. The zero-order valence-corrected chi connectivity index (χ0v) is 10.9. The van der Waals surface area contributed by atoms with E-state index in [1.807, 2.05) is 0 Å². The highest BCUT2D eigenvalue weighted by molar-refractivity contribution is 7.22. The number of fused-ring (bicyclic) bond motifs is 1. The Labute approximate surface area is 113 Å². The molecule has 1 aromatic heterocycles. The SMILES string of the molecule is CC(=O)Nc1nc2ccc(NC(=O)CC#N)cc2s1. The van der Waals surface area contributed by atoms with E-state index in [0.717, 1.165) is 10.2 Å². The number of anilines is 2. The number of nitriles is 1. The molecule has 0 saturated heterocycles. The Morgan fingerprint density at radius 3 is 2.89 bits per heavy atom. The Bertz CT molecular complexity index is 687. The highest BCUT2D eigenvalue weighted by Crippen LogP contribution is 2.28. The van der Waals surface area contributed by atoms with Crippen molar-refractivity contribution < 1.29 is 9.59 Å². The lowest BCUT2D eigenvalue weighted by Crippen LogP contribution is -2.09. The first-order valence-electron chi connectivity index (χ1n) is 5.43. The summed E-state index contributed by atoms with van der Waals surface area (Å²) in [6.45, 7) is 1.42. The van der Waals surface area contributed by atoms with Gasteiger partial charge in [0, 0.05) is 12.6 Å². The molecule has 6 nitrogen and oxygen atoms in total. The molecule has 1 aromatic carbocycles. The van der Waals surface area contributed by atoms with E-state index in [2.05, 4.69) is 15.6 Å². The maximum absolute atomic E-state index is 11.3. The molecule has 19 heavy (non-hydrogen) atoms. The highest BCUT2D eigenvalue weighted by Gasteiger charge is 2.07. The fourth-order valence-electron chi connectivity index (χ4n) is 1.48. The topological polar surface area (TPSA) is 94.9 Å². The molecular formula is C12H10N4O2S. The van der Waals surface area contributed by atoms with Crippen molar-refractivity contribution in [1.82, 2.24) is 4.98 Å². The largest absolute Gasteiger partial charge is 0.325 e. The van der Waals surface area contributed by atoms with E-state index in [4.69, 9.17) is 5.26 Å². The molecule has 0 fully saturated rings. The van der Waals surface area contributed by atoms with Crippen molar-refractivity contribution in [1.29, 1.82) is 5.26 Å². The first kappa shape index (κ1) is 13.0. The quantitative estimate of drug-likeness (QED) is 0.896. The van der Waals surface area contributed by atoms with Crippen LogP contribution in [-0.4, -0.2) is 16.8 Å². The van der Waals surface area contributed by atoms with Crippen molar-refractivity contribution in [3.05, 3.63) is 18.2 Å². The fraction of sp³-hybridized carbons (Fsp3) is 0.167. The first-order valence-corrected chi connectivity index (χ1v) is 6.25. The lowest BCUT2D eigenvalue weighted by molar-refractivity contribution is -0.115. The molecule has 2 N–H and O–H groups in total. The average Bonchev–Trinajstić information content (AvgIpc) is 2.69. The molecular weight excluding hydrogens is 264 g/mol. The zero-order chi connectivity index (χ0) is 13.8. The van der Waals surface area contributed by atoms with Gasteiger partial charge in [0.05, 0.1) is 16.3 Å². The Morgan fingerprint density at radius 2 is 2.21 bits per heavy atom. The molecule has 2 rings (SSSR count). The van der Waals surface area contributed by atoms with Gasteiger partial charge in [0.15, 0.2) is 5.13 Å². The van der Waals surface area contributed by atoms with Crippen LogP contribution < -0.4 is 10.6 Å². The van der Waals surface area contributed by atoms with Crippen LogP contribution in [-0.2, 0) is 9.59 Å². The summed E-state index contributed by atoms with van der Waals surface area (Å²) in [5.74, 6) is -0.532. The van der Waals surface area contributed by atoms with E-state index in [-0.39, 0.29) is 18.2 Å². The molecule has 1 heterocycles. The van der Waals surface area contributed by atoms with Crippen LogP contribution in [0, 0.1) is 11.3 Å². The van der Waals surface area contributed by atoms with Gasteiger partial charge in [-0.15, -0.1) is 0 Å². The molecule has 0 saturated carbocycles. The summed E-state index contributed by atoms with van der Waals surface area (Å²) >= 11 is 1.32. The molecule has 0 bridgehead atoms. The normalized spacial score (nSPS) is 9.89. The predicted molar refractivity (Wildman–Crippen MR) is 72.8 cm³/mol. The molecule has 0 aliphatic heterocycles. The number of carbonyl (C=O) groups excluding carboxylic acids is 2. The second-order valence-electron chi connectivity index (χ2n) is 3.77. The van der Waals surface area contributed by atoms with Gasteiger partial charge in [-0.1, -0.05) is 11.3 Å². The van der Waals surface area contributed by atoms with Gasteiger partial charge in [0.1, 0.15) is 6.42 Å². The molecule has 2 amide bonds. The maximum Gasteiger partial charge on any atom is 0.238 e. The number of carbonyl (C=O) groups is 2. The van der Waals surface area contributed by atoms with Gasteiger partial charge in [-0.05, 0) is 18.2 Å². The molecule has 0 radical (unpaired) electrons. The van der Waals surface area contributed by atoms with Crippen LogP contribution in [0.2, 0.25) is 0 Å². The number of aromatic nitrogens is 1. The fourth-order valence-corrected chi connectivity index (χ4v) is 2.43. The van der Waals surface area contributed by atoms with Crippen LogP contribution in [0.3, 0.4) is 0 Å². The van der Waals surface area contributed by atoms with Crippen molar-refractivity contribution in [2.75, 3.05) is 10.6 Å². The Balaban J connectivity index is 2.23. The summed E-state index contributed by atoms with van der Waals surface area (Å²) in [5.41, 5.74) is 1.35. The number of rotatable bonds is 3. The number of hydrogen-bond donors (Lipinski definition) is 2. The third kappa shape index (κ3) is 3.26. The van der Waals surface area contributed by atoms with E-state index >= 15 is 0 Å². The number of amides is 2. The molecule has 7 heteroatoms. The Hall–Kier alpha value is -2.46. The van der Waals surface area contributed by atoms with Crippen LogP contribution in [0.25, 0.3) is 10.2 Å². The number of benzene rings is 1. The molecule has 0 atom stereocenters. The molecule has 0 aliphatic carbocycles. The van der Waals surface area contributed by atoms with Crippen LogP contribution in [0.15, 0.2) is 18.2 Å². The van der Waals surface area contributed by atoms with Gasteiger partial charge in [-0.2, -0.15) is 5.26 Å². The van der Waals surface area contributed by atoms with Crippen LogP contribution in [0.4, 0.5) is 10.8 Å². The zero-order valence-electron chi connectivity index (χ0n) is 10.1. The molecule has 96 valence electrons. The Morgan fingerprint density at radius 1 is 1.42 bits per heavy atom. The van der Waals surface area contributed by atoms with E-state index < -0.39 is 0 Å². The second-order valence-corrected chi connectivity index (χ2v) is 4.80. The third-order valence-electron chi connectivity index (χ3n) is 2.19. The lowest BCUT2D eigenvalue weighted by Gasteiger charge is -2.01. The smallest absolute Gasteiger partial charge is 0.238 e. The third-order valence-corrected chi connectivity index (χ3v) is 3.13. The molecule has 2 aromatic rings. The number of nitrogens with zero attached hydrogens (tertiary/aromatic N) is 2. The predicted octanol–water partition coefficient (Wildman–Crippen LogP) is 2.11. The van der Waals surface area contributed by atoms with E-state index in [1.165, 1.54) is 18.3 Å². The first-order chi connectivity index (χ1) is 9.08. The summed E-state index contributed by atoms with van der Waals surface area (Å²) in [6, 6.07) is 6.99. The van der Waals surface area contributed by atoms with Gasteiger partial charge in [-0.25, -0.2) is 4.98 Å². The summed E-state index contributed by atoms with van der Waals surface area (Å²) in [5, 5.41) is 14.2. The minimum absolute atomic E-state index is 0.179. The summed E-state index contributed by atoms with van der Waals surface area (Å²) < 4.78 is 0.846. The van der Waals surface area contributed by atoms with Crippen molar-refractivity contribution in [3.63, 3.8) is 0 Å². The number of nitrogens with one attached hydrogen (secondary N) is 2. The van der Waals surface area contributed by atoms with Crippen LogP contribution in [0.1, 0.15) is 13.3 Å². The van der Waals surface area contributed by atoms with E-state index in [0.29, 0.717) is 10.8 Å². The standard InChI is InChI=1S/C12H10N4O2S/c1-7(17)14-12-16-9-3-2-8(6-10(9)19-12)15-11(18)4-5-13/h2-3,6H,4H2,1H3,(H,15,18)(H,14,16,17). The van der Waals surface area contributed by atoms with Crippen LogP contribution in [0.5, 0.6) is 0 Å². The number of thiazole rings is 1. The molecule has 0 unspecified atom stereocenters. The average molecular weight is 274 g/mol. The van der Waals surface area contributed by atoms with Crippen molar-refractivity contribution in [3.8, 4) is 6.07 Å². The van der Waals surface area contributed by atoms with Gasteiger partial charge >= 0.3 is 0 Å². The van der Waals surface area contributed by atoms with Gasteiger partial charge in [-0.3, -0.25) is 9.59 Å². The second kappa shape index (κ2) is 5.46. The summed E-state index contributed by atoms with van der Waals surface area (Å²) in [7, 11) is 0. The van der Waals surface area contributed by atoms with Gasteiger partial charge in [0.2, 0.25) is 11.8 Å². The monoisotopic (exact) mass is 274 g/mol. The van der Waals surface area contributed by atoms with Crippen LogP contribution >= 0.6 is 11.3 Å². The van der Waals surface area contributed by atoms with E-state index in [1.54, 1.807) is 24.3 Å². The minimum Gasteiger partial charge on any atom is -0.325 e. The Kier molecular flexibility index (Phi) is 3.73. The summed E-state index contributed by atoms with van der Waals surface area (Å²) in [6.07, 6.45) is -0.183. The van der Waals surface area contributed by atoms with E-state index in [9.17, 15) is 9.59 Å². The van der Waals surface area contributed by atoms with Crippen molar-refractivity contribution in [2.45, 2.75) is 13.3 Å². The highest BCUT2D eigenvalue weighted by atomic mass is 32.1. The lowest BCUT2D eigenvalue weighted by atomic mass is 10.3. The van der Waals surface area contributed by atoms with Gasteiger partial charge in [0.25, 0.3) is 0 Å². The van der Waals surface area contributed by atoms with Gasteiger partial charge < -0.3 is 10.6 Å². The molecule has 0 aliphatic rings. The van der Waals surface area contributed by atoms with Crippen molar-refractivity contribution in [2.24, 2.45) is 0 Å².